The largest absolute Gasteiger partial charge is 0.488 e. The Bertz CT molecular complexity index is 1310. The molecule has 0 aliphatic carbocycles. The topological polar surface area (TPSA) is 89.5 Å². The Morgan fingerprint density at radius 3 is 1.33 bits per heavy atom. The summed E-state index contributed by atoms with van der Waals surface area (Å²) >= 11 is 0. The van der Waals surface area contributed by atoms with Crippen molar-refractivity contribution in [3.05, 3.63) is 47.5 Å². The summed E-state index contributed by atoms with van der Waals surface area (Å²) in [6.07, 6.45) is 7.77. The third-order valence-electron chi connectivity index (χ3n) is 8.24. The summed E-state index contributed by atoms with van der Waals surface area (Å²) in [5.74, 6) is 0.932. The van der Waals surface area contributed by atoms with Crippen molar-refractivity contribution in [2.24, 2.45) is 0 Å². The molecule has 8 nitrogen and oxygen atoms in total. The van der Waals surface area contributed by atoms with Gasteiger partial charge in [0.05, 0.1) is 13.2 Å². The van der Waals surface area contributed by atoms with Crippen LogP contribution in [0, 0.1) is 13.8 Å². The van der Waals surface area contributed by atoms with E-state index in [1.807, 2.05) is 52.0 Å². The van der Waals surface area contributed by atoms with Crippen molar-refractivity contribution in [2.75, 3.05) is 39.6 Å². The summed E-state index contributed by atoms with van der Waals surface area (Å²) < 4.78 is 36.2. The van der Waals surface area contributed by atoms with E-state index in [4.69, 9.17) is 28.4 Å². The molecular weight excluding hydrogens is 608 g/mol. The molecule has 266 valence electrons. The fourth-order valence-electron chi connectivity index (χ4n) is 5.65. The first-order valence-electron chi connectivity index (χ1n) is 18.1. The number of carbonyl (C=O) groups excluding carboxylic acids is 2. The highest BCUT2D eigenvalue weighted by Gasteiger charge is 2.22. The second-order valence-corrected chi connectivity index (χ2v) is 12.5. The standard InChI is InChI=1S/C40H58O8/c1-7-11-13-15-17-37(41)47-31(25-43-9-3)27-45-39-33-21-19-30(6)24-36(33)40(34-22-20-29(5)23-35(34)39)46-28-32(26-44-10-4)48-38(42)18-16-14-12-8-2/h19-24,31-32H,7-18,25-28H2,1-6H3. The van der Waals surface area contributed by atoms with Gasteiger partial charge in [0.25, 0.3) is 0 Å². The van der Waals surface area contributed by atoms with Crippen molar-refractivity contribution in [3.8, 4) is 11.5 Å². The molecule has 0 bridgehead atoms. The van der Waals surface area contributed by atoms with Crippen LogP contribution in [0.4, 0.5) is 0 Å². The molecule has 0 spiro atoms. The summed E-state index contributed by atoms with van der Waals surface area (Å²) in [5, 5.41) is 3.53. The van der Waals surface area contributed by atoms with E-state index in [-0.39, 0.29) is 38.4 Å². The normalized spacial score (nSPS) is 12.6. The first-order chi connectivity index (χ1) is 23.3. The van der Waals surface area contributed by atoms with Gasteiger partial charge in [-0.1, -0.05) is 87.8 Å². The van der Waals surface area contributed by atoms with Crippen LogP contribution in [-0.4, -0.2) is 63.8 Å². The van der Waals surface area contributed by atoms with Gasteiger partial charge in [-0.3, -0.25) is 9.59 Å². The van der Waals surface area contributed by atoms with Gasteiger partial charge in [-0.2, -0.15) is 0 Å². The zero-order valence-electron chi connectivity index (χ0n) is 30.2. The van der Waals surface area contributed by atoms with E-state index in [0.717, 1.165) is 84.0 Å². The molecule has 48 heavy (non-hydrogen) atoms. The molecule has 0 saturated carbocycles. The molecule has 3 aromatic carbocycles. The Labute approximate surface area is 287 Å². The van der Waals surface area contributed by atoms with Gasteiger partial charge in [-0.05, 0) is 52.7 Å². The summed E-state index contributed by atoms with van der Waals surface area (Å²) in [4.78, 5) is 25.4. The maximum Gasteiger partial charge on any atom is 0.306 e. The van der Waals surface area contributed by atoms with E-state index in [2.05, 4.69) is 26.0 Å². The lowest BCUT2D eigenvalue weighted by Crippen LogP contribution is -2.30. The van der Waals surface area contributed by atoms with Crippen molar-refractivity contribution >= 4 is 33.5 Å². The quantitative estimate of drug-likeness (QED) is 0.0531. The molecule has 0 aliphatic rings. The second kappa shape index (κ2) is 21.6. The van der Waals surface area contributed by atoms with Crippen LogP contribution in [-0.2, 0) is 28.5 Å². The first kappa shape index (κ1) is 39.1. The van der Waals surface area contributed by atoms with Crippen LogP contribution in [0.2, 0.25) is 0 Å². The van der Waals surface area contributed by atoms with Crippen molar-refractivity contribution in [3.63, 3.8) is 0 Å². The third-order valence-corrected chi connectivity index (χ3v) is 8.24. The minimum Gasteiger partial charge on any atom is -0.488 e. The molecule has 8 heteroatoms. The Kier molecular flexibility index (Phi) is 17.6. The van der Waals surface area contributed by atoms with Crippen LogP contribution in [0.15, 0.2) is 36.4 Å². The SMILES string of the molecule is CCCCCCC(=O)OC(COCC)COc1c2ccc(C)cc2c(OCC(COCC)OC(=O)CCCCCC)c2ccc(C)cc12. The maximum atomic E-state index is 12.7. The molecule has 0 radical (unpaired) electrons. The lowest BCUT2D eigenvalue weighted by Gasteiger charge is -2.23. The molecule has 0 aromatic heterocycles. The van der Waals surface area contributed by atoms with Crippen molar-refractivity contribution < 1.29 is 38.0 Å². The monoisotopic (exact) mass is 666 g/mol. The van der Waals surface area contributed by atoms with Crippen molar-refractivity contribution in [1.82, 2.24) is 0 Å². The van der Waals surface area contributed by atoms with Gasteiger partial charge < -0.3 is 28.4 Å². The van der Waals surface area contributed by atoms with Crippen molar-refractivity contribution in [2.45, 2.75) is 118 Å². The van der Waals surface area contributed by atoms with Crippen LogP contribution in [0.5, 0.6) is 11.5 Å². The number of carbonyl (C=O) groups is 2. The lowest BCUT2D eigenvalue weighted by atomic mass is 9.97. The summed E-state index contributed by atoms with van der Waals surface area (Å²) in [6, 6.07) is 12.4. The third kappa shape index (κ3) is 12.6. The Morgan fingerprint density at radius 2 is 0.958 bits per heavy atom. The van der Waals surface area contributed by atoms with Crippen LogP contribution in [0.1, 0.15) is 103 Å². The highest BCUT2D eigenvalue weighted by Crippen LogP contribution is 2.43. The molecule has 0 N–H and O–H groups in total. The van der Waals surface area contributed by atoms with Crippen LogP contribution < -0.4 is 9.47 Å². The molecule has 2 unspecified atom stereocenters. The molecule has 0 saturated heterocycles. The predicted molar refractivity (Wildman–Crippen MR) is 192 cm³/mol. The molecule has 2 atom stereocenters. The molecule has 0 aliphatic heterocycles. The second-order valence-electron chi connectivity index (χ2n) is 12.5. The van der Waals surface area contributed by atoms with Gasteiger partial charge in [-0.25, -0.2) is 0 Å². The zero-order valence-corrected chi connectivity index (χ0v) is 30.2. The van der Waals surface area contributed by atoms with Gasteiger partial charge in [0, 0.05) is 47.6 Å². The lowest BCUT2D eigenvalue weighted by molar-refractivity contribution is -0.155. The number of unbranched alkanes of at least 4 members (excludes halogenated alkanes) is 6. The average molecular weight is 667 g/mol. The van der Waals surface area contributed by atoms with Gasteiger partial charge in [0.15, 0.2) is 12.2 Å². The number of hydrogen-bond donors (Lipinski definition) is 0. The summed E-state index contributed by atoms with van der Waals surface area (Å²) in [7, 11) is 0. The van der Waals surface area contributed by atoms with Crippen molar-refractivity contribution in [1.29, 1.82) is 0 Å². The molecule has 0 amide bonds. The predicted octanol–water partition coefficient (Wildman–Crippen LogP) is 9.20. The van der Waals surface area contributed by atoms with E-state index >= 15 is 0 Å². The number of rotatable bonds is 24. The van der Waals surface area contributed by atoms with Gasteiger partial charge in [0.2, 0.25) is 0 Å². The van der Waals surface area contributed by atoms with E-state index in [1.165, 1.54) is 0 Å². The molecule has 0 heterocycles. The minimum atomic E-state index is -0.545. The van der Waals surface area contributed by atoms with Gasteiger partial charge in [0.1, 0.15) is 24.7 Å². The van der Waals surface area contributed by atoms with Gasteiger partial charge >= 0.3 is 11.9 Å². The molecule has 0 fully saturated rings. The van der Waals surface area contributed by atoms with Crippen LogP contribution >= 0.6 is 0 Å². The smallest absolute Gasteiger partial charge is 0.306 e. The van der Waals surface area contributed by atoms with E-state index < -0.39 is 12.2 Å². The highest BCUT2D eigenvalue weighted by atomic mass is 16.6. The molecule has 3 rings (SSSR count). The van der Waals surface area contributed by atoms with Gasteiger partial charge in [-0.15, -0.1) is 0 Å². The number of fused-ring (bicyclic) bond motifs is 2. The summed E-state index contributed by atoms with van der Waals surface area (Å²) in [6.45, 7) is 14.1. The Morgan fingerprint density at radius 1 is 0.542 bits per heavy atom. The molecule has 3 aromatic rings. The van der Waals surface area contributed by atoms with Crippen LogP contribution in [0.25, 0.3) is 21.5 Å². The maximum absolute atomic E-state index is 12.7. The number of esters is 2. The van der Waals surface area contributed by atoms with E-state index in [1.54, 1.807) is 0 Å². The number of hydrogen-bond acceptors (Lipinski definition) is 8. The minimum absolute atomic E-state index is 0.150. The summed E-state index contributed by atoms with van der Waals surface area (Å²) in [5.41, 5.74) is 2.14. The highest BCUT2D eigenvalue weighted by molar-refractivity contribution is 6.11. The van der Waals surface area contributed by atoms with E-state index in [9.17, 15) is 9.59 Å². The number of aryl methyl sites for hydroxylation is 2. The Balaban J connectivity index is 1.91. The number of ether oxygens (including phenoxy) is 6. The van der Waals surface area contributed by atoms with E-state index in [0.29, 0.717) is 37.6 Å². The first-order valence-corrected chi connectivity index (χ1v) is 18.1. The zero-order chi connectivity index (χ0) is 34.7. The fraction of sp³-hybridized carbons (Fsp3) is 0.600. The fourth-order valence-corrected chi connectivity index (χ4v) is 5.65. The number of benzene rings is 3. The molecular formula is C40H58O8. The Hall–Kier alpha value is -3.36. The average Bonchev–Trinajstić information content (AvgIpc) is 3.07. The van der Waals surface area contributed by atoms with Crippen LogP contribution in [0.3, 0.4) is 0 Å².